The Labute approximate surface area is 97.1 Å². The first-order chi connectivity index (χ1) is 6.84. The Kier molecular flexibility index (Phi) is 5.12. The molecule has 2 aliphatic rings. The second-order valence-corrected chi connectivity index (χ2v) is 4.19. The van der Waals surface area contributed by atoms with Gasteiger partial charge in [0.05, 0.1) is 0 Å². The van der Waals surface area contributed by atoms with Crippen molar-refractivity contribution < 1.29 is 4.79 Å². The normalized spacial score (nSPS) is 24.0. The van der Waals surface area contributed by atoms with Crippen LogP contribution in [0.25, 0.3) is 0 Å². The monoisotopic (exact) mass is 230 g/mol. The van der Waals surface area contributed by atoms with E-state index >= 15 is 0 Å². The molecule has 1 heterocycles. The molecule has 3 nitrogen and oxygen atoms in total. The quantitative estimate of drug-likeness (QED) is 0.720. The predicted octanol–water partition coefficient (Wildman–Crippen LogP) is 1.39. The first-order valence-corrected chi connectivity index (χ1v) is 5.55. The third-order valence-corrected chi connectivity index (χ3v) is 3.02. The summed E-state index contributed by atoms with van der Waals surface area (Å²) in [6.45, 7) is 1.88. The molecule has 1 amide bonds. The van der Waals surface area contributed by atoms with Crippen LogP contribution >= 0.6 is 12.4 Å². The van der Waals surface area contributed by atoms with Crippen molar-refractivity contribution in [2.75, 3.05) is 13.1 Å². The van der Waals surface area contributed by atoms with Gasteiger partial charge in [0, 0.05) is 18.7 Å². The zero-order valence-corrected chi connectivity index (χ0v) is 9.74. The van der Waals surface area contributed by atoms with E-state index in [-0.39, 0.29) is 18.3 Å². The number of hydrogen-bond donors (Lipinski definition) is 2. The van der Waals surface area contributed by atoms with E-state index in [1.54, 1.807) is 6.08 Å². The van der Waals surface area contributed by atoms with E-state index in [0.717, 1.165) is 25.9 Å². The number of carbonyl (C=O) groups is 1. The summed E-state index contributed by atoms with van der Waals surface area (Å²) >= 11 is 0. The van der Waals surface area contributed by atoms with E-state index in [4.69, 9.17) is 0 Å². The van der Waals surface area contributed by atoms with E-state index in [1.165, 1.54) is 24.8 Å². The van der Waals surface area contributed by atoms with Crippen molar-refractivity contribution in [2.24, 2.45) is 0 Å². The van der Waals surface area contributed by atoms with Gasteiger partial charge in [0.1, 0.15) is 0 Å². The molecule has 0 bridgehead atoms. The SMILES string of the molecule is Cl.O=C(C=C1CCC1)NCC1CCCN1. The van der Waals surface area contributed by atoms with Crippen molar-refractivity contribution in [3.63, 3.8) is 0 Å². The Hall–Kier alpha value is -0.540. The number of halogens is 1. The van der Waals surface area contributed by atoms with E-state index in [0.29, 0.717) is 6.04 Å². The van der Waals surface area contributed by atoms with Crippen LogP contribution in [0.4, 0.5) is 0 Å². The third kappa shape index (κ3) is 3.84. The van der Waals surface area contributed by atoms with Gasteiger partial charge in [-0.3, -0.25) is 4.79 Å². The van der Waals surface area contributed by atoms with Crippen LogP contribution in [-0.4, -0.2) is 25.0 Å². The Balaban J connectivity index is 0.00000112. The topological polar surface area (TPSA) is 41.1 Å². The molecule has 1 atom stereocenters. The molecule has 2 fully saturated rings. The number of allylic oxidation sites excluding steroid dienone is 1. The van der Waals surface area contributed by atoms with Gasteiger partial charge < -0.3 is 10.6 Å². The van der Waals surface area contributed by atoms with Gasteiger partial charge in [-0.2, -0.15) is 0 Å². The van der Waals surface area contributed by atoms with Gasteiger partial charge in [-0.05, 0) is 38.6 Å². The van der Waals surface area contributed by atoms with Crippen LogP contribution in [0.2, 0.25) is 0 Å². The van der Waals surface area contributed by atoms with Crippen LogP contribution in [0, 0.1) is 0 Å². The number of hydrogen-bond acceptors (Lipinski definition) is 2. The van der Waals surface area contributed by atoms with E-state index in [2.05, 4.69) is 10.6 Å². The van der Waals surface area contributed by atoms with Crippen molar-refractivity contribution >= 4 is 18.3 Å². The van der Waals surface area contributed by atoms with Gasteiger partial charge >= 0.3 is 0 Å². The molecule has 1 saturated carbocycles. The molecule has 0 aromatic heterocycles. The molecule has 2 rings (SSSR count). The smallest absolute Gasteiger partial charge is 0.243 e. The maximum atomic E-state index is 11.4. The largest absolute Gasteiger partial charge is 0.351 e. The summed E-state index contributed by atoms with van der Waals surface area (Å²) in [7, 11) is 0. The van der Waals surface area contributed by atoms with E-state index in [9.17, 15) is 4.79 Å². The molecule has 0 aromatic rings. The van der Waals surface area contributed by atoms with Crippen LogP contribution in [0.15, 0.2) is 11.6 Å². The van der Waals surface area contributed by atoms with Gasteiger partial charge in [-0.1, -0.05) is 5.57 Å². The number of rotatable bonds is 3. The molecule has 4 heteroatoms. The lowest BCUT2D eigenvalue weighted by Gasteiger charge is -2.16. The Morgan fingerprint density at radius 2 is 2.27 bits per heavy atom. The molecule has 1 aliphatic heterocycles. The first-order valence-electron chi connectivity index (χ1n) is 5.55. The average Bonchev–Trinajstić information content (AvgIpc) is 2.60. The standard InChI is InChI=1S/C11H18N2O.ClH/c14-11(7-9-3-1-4-9)13-8-10-5-2-6-12-10;/h7,10,12H,1-6,8H2,(H,13,14);1H. The Morgan fingerprint density at radius 1 is 1.47 bits per heavy atom. The molecular formula is C11H19ClN2O. The Morgan fingerprint density at radius 3 is 2.80 bits per heavy atom. The zero-order valence-electron chi connectivity index (χ0n) is 8.92. The summed E-state index contributed by atoms with van der Waals surface area (Å²) in [4.78, 5) is 11.4. The van der Waals surface area contributed by atoms with Crippen molar-refractivity contribution in [3.05, 3.63) is 11.6 Å². The fraction of sp³-hybridized carbons (Fsp3) is 0.727. The van der Waals surface area contributed by atoms with Gasteiger partial charge in [-0.15, -0.1) is 12.4 Å². The second-order valence-electron chi connectivity index (χ2n) is 4.19. The summed E-state index contributed by atoms with van der Waals surface area (Å²) in [5.74, 6) is 0.0911. The first kappa shape index (κ1) is 12.5. The predicted molar refractivity (Wildman–Crippen MR) is 63.2 cm³/mol. The highest BCUT2D eigenvalue weighted by Gasteiger charge is 2.15. The molecule has 86 valence electrons. The lowest BCUT2D eigenvalue weighted by atomic mass is 9.92. The molecular weight excluding hydrogens is 212 g/mol. The lowest BCUT2D eigenvalue weighted by molar-refractivity contribution is -0.116. The highest BCUT2D eigenvalue weighted by molar-refractivity contribution is 5.88. The van der Waals surface area contributed by atoms with Gasteiger partial charge in [0.15, 0.2) is 0 Å². The summed E-state index contributed by atoms with van der Waals surface area (Å²) in [5.41, 5.74) is 1.31. The highest BCUT2D eigenvalue weighted by Crippen LogP contribution is 2.24. The van der Waals surface area contributed by atoms with Crippen LogP contribution < -0.4 is 10.6 Å². The van der Waals surface area contributed by atoms with Crippen LogP contribution in [0.3, 0.4) is 0 Å². The van der Waals surface area contributed by atoms with E-state index < -0.39 is 0 Å². The fourth-order valence-electron chi connectivity index (χ4n) is 1.92. The molecule has 1 saturated heterocycles. The maximum absolute atomic E-state index is 11.4. The Bertz CT molecular complexity index is 241. The van der Waals surface area contributed by atoms with Crippen molar-refractivity contribution in [3.8, 4) is 0 Å². The van der Waals surface area contributed by atoms with Crippen molar-refractivity contribution in [2.45, 2.75) is 38.1 Å². The second kappa shape index (κ2) is 6.13. The molecule has 1 unspecified atom stereocenters. The average molecular weight is 231 g/mol. The van der Waals surface area contributed by atoms with E-state index in [1.807, 2.05) is 0 Å². The van der Waals surface area contributed by atoms with Gasteiger partial charge in [0.25, 0.3) is 0 Å². The van der Waals surface area contributed by atoms with Crippen molar-refractivity contribution in [1.82, 2.24) is 10.6 Å². The fourth-order valence-corrected chi connectivity index (χ4v) is 1.92. The highest BCUT2D eigenvalue weighted by atomic mass is 35.5. The minimum absolute atomic E-state index is 0. The van der Waals surface area contributed by atoms with Crippen molar-refractivity contribution in [1.29, 1.82) is 0 Å². The van der Waals surface area contributed by atoms with Crippen LogP contribution in [-0.2, 0) is 4.79 Å². The van der Waals surface area contributed by atoms with Gasteiger partial charge in [0.2, 0.25) is 5.91 Å². The maximum Gasteiger partial charge on any atom is 0.243 e. The number of carbonyl (C=O) groups excluding carboxylic acids is 1. The molecule has 15 heavy (non-hydrogen) atoms. The molecule has 0 aromatic carbocycles. The van der Waals surface area contributed by atoms with Crippen LogP contribution in [0.5, 0.6) is 0 Å². The minimum atomic E-state index is 0. The molecule has 0 spiro atoms. The number of amides is 1. The molecule has 1 aliphatic carbocycles. The summed E-state index contributed by atoms with van der Waals surface area (Å²) in [5, 5.41) is 6.30. The van der Waals surface area contributed by atoms with Gasteiger partial charge in [-0.25, -0.2) is 0 Å². The molecule has 0 radical (unpaired) electrons. The number of nitrogens with one attached hydrogen (secondary N) is 2. The summed E-state index contributed by atoms with van der Waals surface area (Å²) < 4.78 is 0. The third-order valence-electron chi connectivity index (χ3n) is 3.02. The molecule has 2 N–H and O–H groups in total. The lowest BCUT2D eigenvalue weighted by Crippen LogP contribution is -2.36. The van der Waals surface area contributed by atoms with Crippen LogP contribution in [0.1, 0.15) is 32.1 Å². The summed E-state index contributed by atoms with van der Waals surface area (Å²) in [6, 6.07) is 0.499. The summed E-state index contributed by atoms with van der Waals surface area (Å²) in [6.07, 6.45) is 7.70. The zero-order chi connectivity index (χ0) is 9.80. The minimum Gasteiger partial charge on any atom is -0.351 e.